The molecule has 0 fully saturated rings. The van der Waals surface area contributed by atoms with Crippen molar-refractivity contribution in [1.82, 2.24) is 10.3 Å². The first kappa shape index (κ1) is 9.41. The monoisotopic (exact) mass is 188 g/mol. The van der Waals surface area contributed by atoms with Gasteiger partial charge in [0.05, 0.1) is 5.69 Å². The molecule has 2 heteroatoms. The second-order valence-electron chi connectivity index (χ2n) is 3.68. The molecule has 0 saturated carbocycles. The SMILES string of the molecule is C1=CCC(NCc2ccccn2)CC1. The van der Waals surface area contributed by atoms with Gasteiger partial charge in [0.2, 0.25) is 0 Å². The zero-order valence-corrected chi connectivity index (χ0v) is 8.32. The van der Waals surface area contributed by atoms with Crippen LogP contribution in [0.4, 0.5) is 0 Å². The Bertz CT molecular complexity index is 292. The van der Waals surface area contributed by atoms with Crippen LogP contribution in [0, 0.1) is 0 Å². The summed E-state index contributed by atoms with van der Waals surface area (Å²) in [6, 6.07) is 6.69. The smallest absolute Gasteiger partial charge is 0.0541 e. The van der Waals surface area contributed by atoms with Gasteiger partial charge in [-0.3, -0.25) is 4.98 Å². The summed E-state index contributed by atoms with van der Waals surface area (Å²) in [5.74, 6) is 0. The number of rotatable bonds is 3. The Kier molecular flexibility index (Phi) is 3.30. The maximum Gasteiger partial charge on any atom is 0.0541 e. The summed E-state index contributed by atoms with van der Waals surface area (Å²) >= 11 is 0. The topological polar surface area (TPSA) is 24.9 Å². The van der Waals surface area contributed by atoms with Gasteiger partial charge in [-0.15, -0.1) is 0 Å². The molecule has 0 bridgehead atoms. The second-order valence-corrected chi connectivity index (χ2v) is 3.68. The third kappa shape index (κ3) is 2.67. The summed E-state index contributed by atoms with van der Waals surface area (Å²) in [5, 5.41) is 3.52. The van der Waals surface area contributed by atoms with E-state index in [9.17, 15) is 0 Å². The van der Waals surface area contributed by atoms with Crippen LogP contribution in [0.2, 0.25) is 0 Å². The van der Waals surface area contributed by atoms with E-state index in [4.69, 9.17) is 0 Å². The van der Waals surface area contributed by atoms with Crippen molar-refractivity contribution in [3.05, 3.63) is 42.2 Å². The van der Waals surface area contributed by atoms with Gasteiger partial charge in [0.25, 0.3) is 0 Å². The highest BCUT2D eigenvalue weighted by Gasteiger charge is 2.08. The third-order valence-corrected chi connectivity index (χ3v) is 2.57. The molecule has 14 heavy (non-hydrogen) atoms. The average molecular weight is 188 g/mol. The van der Waals surface area contributed by atoms with Crippen LogP contribution in [0.1, 0.15) is 25.0 Å². The molecule has 1 heterocycles. The molecule has 74 valence electrons. The Morgan fingerprint density at radius 3 is 3.07 bits per heavy atom. The van der Waals surface area contributed by atoms with Gasteiger partial charge in [0.1, 0.15) is 0 Å². The molecule has 1 aromatic rings. The predicted molar refractivity (Wildman–Crippen MR) is 57.9 cm³/mol. The molecule has 1 aliphatic rings. The molecular formula is C12H16N2. The van der Waals surface area contributed by atoms with Crippen molar-refractivity contribution in [1.29, 1.82) is 0 Å². The maximum atomic E-state index is 4.28. The van der Waals surface area contributed by atoms with Gasteiger partial charge in [0.15, 0.2) is 0 Å². The third-order valence-electron chi connectivity index (χ3n) is 2.57. The lowest BCUT2D eigenvalue weighted by Crippen LogP contribution is -2.29. The summed E-state index contributed by atoms with van der Waals surface area (Å²) in [4.78, 5) is 4.28. The van der Waals surface area contributed by atoms with Crippen molar-refractivity contribution in [3.63, 3.8) is 0 Å². The molecule has 0 radical (unpaired) electrons. The predicted octanol–water partition coefficient (Wildman–Crippen LogP) is 2.28. The van der Waals surface area contributed by atoms with E-state index >= 15 is 0 Å². The largest absolute Gasteiger partial charge is 0.308 e. The van der Waals surface area contributed by atoms with Crippen molar-refractivity contribution >= 4 is 0 Å². The van der Waals surface area contributed by atoms with Crippen molar-refractivity contribution in [2.75, 3.05) is 0 Å². The lowest BCUT2D eigenvalue weighted by Gasteiger charge is -2.18. The van der Waals surface area contributed by atoms with Crippen molar-refractivity contribution < 1.29 is 0 Å². The van der Waals surface area contributed by atoms with E-state index in [-0.39, 0.29) is 0 Å². The van der Waals surface area contributed by atoms with Gasteiger partial charge in [-0.25, -0.2) is 0 Å². The second kappa shape index (κ2) is 4.91. The zero-order chi connectivity index (χ0) is 9.64. The normalized spacial score (nSPS) is 21.0. The van der Waals surface area contributed by atoms with Crippen LogP contribution >= 0.6 is 0 Å². The van der Waals surface area contributed by atoms with E-state index in [0.717, 1.165) is 18.7 Å². The summed E-state index contributed by atoms with van der Waals surface area (Å²) in [5.41, 5.74) is 1.13. The number of pyridine rings is 1. The lowest BCUT2D eigenvalue weighted by atomic mass is 10.0. The van der Waals surface area contributed by atoms with Crippen molar-refractivity contribution in [2.24, 2.45) is 0 Å². The van der Waals surface area contributed by atoms with Crippen LogP contribution in [-0.2, 0) is 6.54 Å². The molecule has 2 rings (SSSR count). The number of hydrogen-bond donors (Lipinski definition) is 1. The van der Waals surface area contributed by atoms with Crippen LogP contribution in [-0.4, -0.2) is 11.0 Å². The summed E-state index contributed by atoms with van der Waals surface area (Å²) in [6.07, 6.45) is 9.99. The van der Waals surface area contributed by atoms with Gasteiger partial charge in [-0.05, 0) is 31.4 Å². The first-order chi connectivity index (χ1) is 6.95. The first-order valence-corrected chi connectivity index (χ1v) is 5.23. The van der Waals surface area contributed by atoms with Gasteiger partial charge >= 0.3 is 0 Å². The molecule has 0 amide bonds. The Hall–Kier alpha value is -1.15. The molecule has 0 spiro atoms. The summed E-state index contributed by atoms with van der Waals surface area (Å²) in [6.45, 7) is 0.888. The van der Waals surface area contributed by atoms with E-state index in [1.165, 1.54) is 12.8 Å². The maximum absolute atomic E-state index is 4.28. The minimum Gasteiger partial charge on any atom is -0.308 e. The van der Waals surface area contributed by atoms with Crippen LogP contribution < -0.4 is 5.32 Å². The molecule has 1 aliphatic carbocycles. The quantitative estimate of drug-likeness (QED) is 0.736. The Balaban J connectivity index is 1.80. The fourth-order valence-corrected chi connectivity index (χ4v) is 1.73. The van der Waals surface area contributed by atoms with Crippen LogP contribution in [0.25, 0.3) is 0 Å². The number of aromatic nitrogens is 1. The molecule has 0 saturated heterocycles. The van der Waals surface area contributed by atoms with Gasteiger partial charge in [-0.2, -0.15) is 0 Å². The zero-order valence-electron chi connectivity index (χ0n) is 8.32. The number of nitrogens with zero attached hydrogens (tertiary/aromatic N) is 1. The molecule has 0 aromatic carbocycles. The minimum atomic E-state index is 0.641. The van der Waals surface area contributed by atoms with Gasteiger partial charge < -0.3 is 5.32 Å². The lowest BCUT2D eigenvalue weighted by molar-refractivity contribution is 0.471. The summed E-state index contributed by atoms with van der Waals surface area (Å²) in [7, 11) is 0. The first-order valence-electron chi connectivity index (χ1n) is 5.23. The standard InChI is InChI=1S/C12H16N2/c1-2-6-11(7-3-1)14-10-12-8-4-5-9-13-12/h1-2,4-5,8-9,11,14H,3,6-7,10H2. The van der Waals surface area contributed by atoms with Gasteiger partial charge in [-0.1, -0.05) is 18.2 Å². The Labute approximate surface area is 85.1 Å². The number of allylic oxidation sites excluding steroid dienone is 1. The van der Waals surface area contributed by atoms with Crippen LogP contribution in [0.3, 0.4) is 0 Å². The highest BCUT2D eigenvalue weighted by Crippen LogP contribution is 2.10. The Morgan fingerprint density at radius 1 is 1.36 bits per heavy atom. The molecule has 0 aliphatic heterocycles. The molecule has 2 nitrogen and oxygen atoms in total. The number of hydrogen-bond acceptors (Lipinski definition) is 2. The fourth-order valence-electron chi connectivity index (χ4n) is 1.73. The van der Waals surface area contributed by atoms with Crippen LogP contribution in [0.5, 0.6) is 0 Å². The van der Waals surface area contributed by atoms with Gasteiger partial charge in [0, 0.05) is 18.8 Å². The van der Waals surface area contributed by atoms with Crippen molar-refractivity contribution in [2.45, 2.75) is 31.8 Å². The molecule has 1 unspecified atom stereocenters. The number of nitrogens with one attached hydrogen (secondary N) is 1. The van der Waals surface area contributed by atoms with Crippen LogP contribution in [0.15, 0.2) is 36.5 Å². The average Bonchev–Trinajstić information content (AvgIpc) is 2.29. The molecule has 1 aromatic heterocycles. The van der Waals surface area contributed by atoms with Crippen molar-refractivity contribution in [3.8, 4) is 0 Å². The van der Waals surface area contributed by atoms with E-state index in [2.05, 4.69) is 28.5 Å². The minimum absolute atomic E-state index is 0.641. The van der Waals surface area contributed by atoms with E-state index in [1.54, 1.807) is 0 Å². The van der Waals surface area contributed by atoms with E-state index < -0.39 is 0 Å². The van der Waals surface area contributed by atoms with E-state index in [1.807, 2.05) is 18.3 Å². The molecule has 1 atom stereocenters. The Morgan fingerprint density at radius 2 is 2.36 bits per heavy atom. The molecular weight excluding hydrogens is 172 g/mol. The fraction of sp³-hybridized carbons (Fsp3) is 0.417. The highest BCUT2D eigenvalue weighted by molar-refractivity contribution is 5.03. The molecule has 1 N–H and O–H groups in total. The summed E-state index contributed by atoms with van der Waals surface area (Å²) < 4.78 is 0. The van der Waals surface area contributed by atoms with E-state index in [0.29, 0.717) is 6.04 Å². The highest BCUT2D eigenvalue weighted by atomic mass is 14.9.